The normalized spacial score (nSPS) is 20.5. The molecule has 0 amide bonds. The Labute approximate surface area is 86.5 Å². The highest BCUT2D eigenvalue weighted by Crippen LogP contribution is 2.35. The molecule has 1 aromatic rings. The van der Waals surface area contributed by atoms with E-state index in [0.29, 0.717) is 0 Å². The lowest BCUT2D eigenvalue weighted by molar-refractivity contribution is 0.586. The first-order chi connectivity index (χ1) is 6.88. The van der Waals surface area contributed by atoms with Crippen LogP contribution < -0.4 is 4.13 Å². The van der Waals surface area contributed by atoms with E-state index in [2.05, 4.69) is 4.85 Å². The standard InChI is InChI=1S/C7H4N2O4S2/c1-8-5-3-2-4-6-7(5)15(12,13)9-14(6,10)11/h2-4,9H. The Kier molecular flexibility index (Phi) is 1.88. The number of sulfonamides is 2. The second kappa shape index (κ2) is 2.79. The van der Waals surface area contributed by atoms with Crippen molar-refractivity contribution in [2.45, 2.75) is 9.79 Å². The highest BCUT2D eigenvalue weighted by molar-refractivity contribution is 8.07. The van der Waals surface area contributed by atoms with E-state index in [4.69, 9.17) is 6.57 Å². The summed E-state index contributed by atoms with van der Waals surface area (Å²) in [5.74, 6) is 0. The third-order valence-electron chi connectivity index (χ3n) is 1.86. The third kappa shape index (κ3) is 1.32. The van der Waals surface area contributed by atoms with Crippen LogP contribution in [0, 0.1) is 6.57 Å². The van der Waals surface area contributed by atoms with Gasteiger partial charge in [0.25, 0.3) is 10.0 Å². The van der Waals surface area contributed by atoms with Gasteiger partial charge in [-0.05, 0) is 6.07 Å². The number of benzene rings is 1. The largest absolute Gasteiger partial charge is 0.253 e. The fourth-order valence-electron chi connectivity index (χ4n) is 1.30. The monoisotopic (exact) mass is 244 g/mol. The van der Waals surface area contributed by atoms with Gasteiger partial charge in [-0.25, -0.2) is 21.7 Å². The molecule has 1 aliphatic rings. The predicted molar refractivity (Wildman–Crippen MR) is 50.2 cm³/mol. The summed E-state index contributed by atoms with van der Waals surface area (Å²) in [5, 5.41) is 0. The van der Waals surface area contributed by atoms with Crippen LogP contribution in [0.15, 0.2) is 28.0 Å². The Morgan fingerprint density at radius 2 is 1.80 bits per heavy atom. The second-order valence-electron chi connectivity index (χ2n) is 2.81. The van der Waals surface area contributed by atoms with Gasteiger partial charge in [0, 0.05) is 0 Å². The molecule has 1 N–H and O–H groups in total. The molecule has 0 fully saturated rings. The average Bonchev–Trinajstić information content (AvgIpc) is 2.33. The van der Waals surface area contributed by atoms with Crippen molar-refractivity contribution in [1.82, 2.24) is 4.13 Å². The SMILES string of the molecule is [C-]#[N+]c1cccc2c1S(=O)(=O)NS2(=O)=O. The van der Waals surface area contributed by atoms with E-state index in [-0.39, 0.29) is 10.6 Å². The molecule has 0 radical (unpaired) electrons. The summed E-state index contributed by atoms with van der Waals surface area (Å²) in [6.07, 6.45) is 0. The topological polar surface area (TPSA) is 84.7 Å². The van der Waals surface area contributed by atoms with Gasteiger partial charge in [-0.1, -0.05) is 12.1 Å². The number of nitrogens with zero attached hydrogens (tertiary/aromatic N) is 1. The molecule has 8 heteroatoms. The predicted octanol–water partition coefficient (Wildman–Crippen LogP) is 0.218. The Hall–Kier alpha value is -1.43. The van der Waals surface area contributed by atoms with Gasteiger partial charge in [0.15, 0.2) is 0 Å². The molecule has 1 aromatic carbocycles. The van der Waals surface area contributed by atoms with Gasteiger partial charge < -0.3 is 0 Å². The van der Waals surface area contributed by atoms with Crippen molar-refractivity contribution in [3.8, 4) is 0 Å². The van der Waals surface area contributed by atoms with Gasteiger partial charge in [0.2, 0.25) is 15.7 Å². The Bertz CT molecular complexity index is 682. The molecular weight excluding hydrogens is 240 g/mol. The summed E-state index contributed by atoms with van der Waals surface area (Å²) in [7, 11) is -8.13. The Morgan fingerprint density at radius 1 is 1.13 bits per heavy atom. The molecule has 1 heterocycles. The molecule has 0 aromatic heterocycles. The Morgan fingerprint density at radius 3 is 2.40 bits per heavy atom. The fourth-order valence-corrected chi connectivity index (χ4v) is 5.14. The number of hydrogen-bond acceptors (Lipinski definition) is 4. The highest BCUT2D eigenvalue weighted by atomic mass is 32.3. The molecule has 0 aliphatic carbocycles. The molecule has 15 heavy (non-hydrogen) atoms. The zero-order valence-electron chi connectivity index (χ0n) is 7.13. The molecule has 2 rings (SSSR count). The summed E-state index contributed by atoms with van der Waals surface area (Å²) >= 11 is 0. The van der Waals surface area contributed by atoms with Crippen molar-refractivity contribution in [3.63, 3.8) is 0 Å². The van der Waals surface area contributed by atoms with E-state index >= 15 is 0 Å². The molecule has 0 saturated carbocycles. The van der Waals surface area contributed by atoms with E-state index in [0.717, 1.165) is 6.07 Å². The quantitative estimate of drug-likeness (QED) is 0.661. The summed E-state index contributed by atoms with van der Waals surface area (Å²) in [5.41, 5.74) is -0.193. The van der Waals surface area contributed by atoms with Crippen LogP contribution in [0.3, 0.4) is 0 Å². The third-order valence-corrected chi connectivity index (χ3v) is 5.63. The van der Waals surface area contributed by atoms with E-state index in [1.165, 1.54) is 16.3 Å². The highest BCUT2D eigenvalue weighted by Gasteiger charge is 2.39. The number of nitrogens with one attached hydrogen (secondary N) is 1. The lowest BCUT2D eigenvalue weighted by atomic mass is 10.3. The van der Waals surface area contributed by atoms with Gasteiger partial charge >= 0.3 is 0 Å². The van der Waals surface area contributed by atoms with E-state index < -0.39 is 24.9 Å². The number of rotatable bonds is 0. The molecule has 0 unspecified atom stereocenters. The van der Waals surface area contributed by atoms with Crippen molar-refractivity contribution >= 4 is 25.7 Å². The van der Waals surface area contributed by atoms with Crippen LogP contribution in [0.25, 0.3) is 4.85 Å². The van der Waals surface area contributed by atoms with Crippen LogP contribution in [-0.4, -0.2) is 16.8 Å². The minimum atomic E-state index is -4.11. The lowest BCUT2D eigenvalue weighted by Crippen LogP contribution is -2.21. The smallest absolute Gasteiger partial charge is 0.237 e. The van der Waals surface area contributed by atoms with Crippen LogP contribution in [0.1, 0.15) is 0 Å². The first-order valence-electron chi connectivity index (χ1n) is 3.67. The molecular formula is C7H4N2O4S2. The molecule has 78 valence electrons. The van der Waals surface area contributed by atoms with Crippen molar-refractivity contribution in [1.29, 1.82) is 0 Å². The molecule has 6 nitrogen and oxygen atoms in total. The molecule has 1 aliphatic heterocycles. The van der Waals surface area contributed by atoms with Gasteiger partial charge in [-0.3, -0.25) is 0 Å². The minimum absolute atomic E-state index is 0.193. The summed E-state index contributed by atoms with van der Waals surface area (Å²) < 4.78 is 47.0. The minimum Gasteiger partial charge on any atom is -0.237 e. The zero-order valence-corrected chi connectivity index (χ0v) is 8.76. The van der Waals surface area contributed by atoms with Crippen LogP contribution in [0.5, 0.6) is 0 Å². The van der Waals surface area contributed by atoms with E-state index in [1.54, 1.807) is 0 Å². The van der Waals surface area contributed by atoms with Crippen LogP contribution in [0.2, 0.25) is 0 Å². The molecule has 0 bridgehead atoms. The zero-order chi connectivity index (χ0) is 11.3. The Balaban J connectivity index is 3.02. The van der Waals surface area contributed by atoms with Crippen LogP contribution >= 0.6 is 0 Å². The summed E-state index contributed by atoms with van der Waals surface area (Å²) in [6, 6.07) is 3.73. The molecule has 0 atom stereocenters. The van der Waals surface area contributed by atoms with Crippen molar-refractivity contribution < 1.29 is 16.8 Å². The molecule has 0 spiro atoms. The first kappa shape index (κ1) is 10.1. The van der Waals surface area contributed by atoms with Crippen molar-refractivity contribution in [2.24, 2.45) is 0 Å². The van der Waals surface area contributed by atoms with Gasteiger partial charge in [-0.15, -0.1) is 4.13 Å². The van der Waals surface area contributed by atoms with Crippen LogP contribution in [-0.2, 0) is 20.0 Å². The van der Waals surface area contributed by atoms with Crippen LogP contribution in [0.4, 0.5) is 5.69 Å². The summed E-state index contributed by atoms with van der Waals surface area (Å²) in [6.45, 7) is 6.76. The van der Waals surface area contributed by atoms with Gasteiger partial charge in [0.1, 0.15) is 4.90 Å². The van der Waals surface area contributed by atoms with Gasteiger partial charge in [-0.2, -0.15) is 0 Å². The van der Waals surface area contributed by atoms with Gasteiger partial charge in [0.05, 0.1) is 11.5 Å². The average molecular weight is 244 g/mol. The summed E-state index contributed by atoms with van der Waals surface area (Å²) in [4.78, 5) is 2.15. The fraction of sp³-hybridized carbons (Fsp3) is 0. The van der Waals surface area contributed by atoms with Crippen molar-refractivity contribution in [3.05, 3.63) is 29.6 Å². The maximum Gasteiger partial charge on any atom is 0.253 e. The number of hydrogen-bond donors (Lipinski definition) is 1. The molecule has 0 saturated heterocycles. The number of fused-ring (bicyclic) bond motifs is 1. The first-order valence-corrected chi connectivity index (χ1v) is 6.64. The second-order valence-corrected chi connectivity index (χ2v) is 6.33. The van der Waals surface area contributed by atoms with Crippen molar-refractivity contribution in [2.75, 3.05) is 0 Å². The van der Waals surface area contributed by atoms with E-state index in [1.807, 2.05) is 0 Å². The van der Waals surface area contributed by atoms with E-state index in [9.17, 15) is 16.8 Å². The maximum absolute atomic E-state index is 11.4. The lowest BCUT2D eigenvalue weighted by Gasteiger charge is -1.96. The maximum atomic E-state index is 11.4.